The first-order chi connectivity index (χ1) is 7.86. The lowest BCUT2D eigenvalue weighted by atomic mass is 9.95. The van der Waals surface area contributed by atoms with Gasteiger partial charge in [0.05, 0.1) is 0 Å². The van der Waals surface area contributed by atoms with Crippen molar-refractivity contribution >= 4 is 0 Å². The maximum atomic E-state index is 9.05. The number of benzene rings is 1. The van der Waals surface area contributed by atoms with Crippen LogP contribution in [0.1, 0.15) is 42.4 Å². The molecule has 1 N–H and O–H groups in total. The van der Waals surface area contributed by atoms with Crippen LogP contribution in [0.5, 0.6) is 0 Å². The van der Waals surface area contributed by atoms with Crippen molar-refractivity contribution in [2.45, 2.75) is 38.5 Å². The van der Waals surface area contributed by atoms with Gasteiger partial charge in [0.15, 0.2) is 0 Å². The average Bonchev–Trinajstić information content (AvgIpc) is 2.71. The lowest BCUT2D eigenvalue weighted by Crippen LogP contribution is -1.97. The van der Waals surface area contributed by atoms with Gasteiger partial charge in [0.2, 0.25) is 0 Å². The van der Waals surface area contributed by atoms with Crippen LogP contribution in [0.4, 0.5) is 0 Å². The topological polar surface area (TPSA) is 20.2 Å². The molecule has 0 saturated heterocycles. The molecule has 0 amide bonds. The van der Waals surface area contributed by atoms with Crippen molar-refractivity contribution in [2.75, 3.05) is 6.61 Å². The average molecular weight is 216 g/mol. The Labute approximate surface area is 97.8 Å². The van der Waals surface area contributed by atoms with Crippen LogP contribution >= 0.6 is 0 Å². The highest BCUT2D eigenvalue weighted by atomic mass is 16.3. The summed E-state index contributed by atoms with van der Waals surface area (Å²) in [6.45, 7) is 2.38. The van der Waals surface area contributed by atoms with E-state index in [9.17, 15) is 0 Å². The van der Waals surface area contributed by atoms with Crippen LogP contribution in [0, 0.1) is 0 Å². The van der Waals surface area contributed by atoms with E-state index in [1.165, 1.54) is 24.0 Å². The third-order valence-electron chi connectivity index (χ3n) is 3.54. The Hall–Kier alpha value is -1.08. The highest BCUT2D eigenvalue weighted by Gasteiger charge is 2.23. The second-order valence-corrected chi connectivity index (χ2v) is 4.51. The summed E-state index contributed by atoms with van der Waals surface area (Å²) >= 11 is 0. The minimum absolute atomic E-state index is 0.309. The van der Waals surface area contributed by atoms with Crippen LogP contribution in [-0.4, -0.2) is 11.7 Å². The molecule has 1 nitrogen and oxygen atoms in total. The first-order valence-corrected chi connectivity index (χ1v) is 6.19. The van der Waals surface area contributed by atoms with Crippen LogP contribution in [0.15, 0.2) is 30.4 Å². The fraction of sp³-hybridized carbons (Fsp3) is 0.467. The van der Waals surface area contributed by atoms with E-state index < -0.39 is 0 Å². The Morgan fingerprint density at radius 2 is 2.31 bits per heavy atom. The molecule has 1 atom stereocenters. The summed E-state index contributed by atoms with van der Waals surface area (Å²) in [5, 5.41) is 9.05. The van der Waals surface area contributed by atoms with Crippen molar-refractivity contribution in [3.63, 3.8) is 0 Å². The first-order valence-electron chi connectivity index (χ1n) is 6.19. The van der Waals surface area contributed by atoms with Gasteiger partial charge in [0.25, 0.3) is 0 Å². The Bertz CT molecular complexity index is 379. The van der Waals surface area contributed by atoms with Crippen LogP contribution in [-0.2, 0) is 12.8 Å². The summed E-state index contributed by atoms with van der Waals surface area (Å²) in [7, 11) is 0. The maximum Gasteiger partial charge on any atom is 0.0436 e. The molecule has 1 aromatic carbocycles. The predicted molar refractivity (Wildman–Crippen MR) is 67.7 cm³/mol. The molecule has 1 aliphatic rings. The second kappa shape index (κ2) is 5.31. The fourth-order valence-corrected chi connectivity index (χ4v) is 2.71. The molecule has 0 aromatic heterocycles. The normalized spacial score (nSPS) is 19.2. The smallest absolute Gasteiger partial charge is 0.0436 e. The number of rotatable bonds is 4. The molecule has 0 aliphatic heterocycles. The molecule has 0 saturated carbocycles. The van der Waals surface area contributed by atoms with Crippen molar-refractivity contribution in [1.82, 2.24) is 0 Å². The van der Waals surface area contributed by atoms with E-state index in [-0.39, 0.29) is 0 Å². The van der Waals surface area contributed by atoms with Gasteiger partial charge in [-0.25, -0.2) is 0 Å². The van der Waals surface area contributed by atoms with E-state index in [0.717, 1.165) is 12.8 Å². The van der Waals surface area contributed by atoms with Gasteiger partial charge >= 0.3 is 0 Å². The summed E-state index contributed by atoms with van der Waals surface area (Å²) in [4.78, 5) is 0. The number of fused-ring (bicyclic) bond motifs is 1. The minimum atomic E-state index is 0.309. The number of hydrogen-bond acceptors (Lipinski definition) is 1. The number of hydrogen-bond donors (Lipinski definition) is 1. The van der Waals surface area contributed by atoms with Gasteiger partial charge in [0.1, 0.15) is 0 Å². The third kappa shape index (κ3) is 2.19. The van der Waals surface area contributed by atoms with E-state index in [1.54, 1.807) is 5.56 Å². The first kappa shape index (κ1) is 11.4. The summed E-state index contributed by atoms with van der Waals surface area (Å²) in [6.07, 6.45) is 8.69. The molecule has 1 aromatic rings. The molecule has 0 heterocycles. The molecule has 2 rings (SSSR count). The fourth-order valence-electron chi connectivity index (χ4n) is 2.71. The second-order valence-electron chi connectivity index (χ2n) is 4.51. The Morgan fingerprint density at radius 3 is 3.06 bits per heavy atom. The largest absolute Gasteiger partial charge is 0.396 e. The van der Waals surface area contributed by atoms with Crippen LogP contribution < -0.4 is 0 Å². The van der Waals surface area contributed by atoms with Crippen molar-refractivity contribution in [1.29, 1.82) is 0 Å². The van der Waals surface area contributed by atoms with Crippen molar-refractivity contribution in [2.24, 2.45) is 0 Å². The summed E-state index contributed by atoms with van der Waals surface area (Å²) in [5.74, 6) is 0.588. The molecule has 1 aliphatic carbocycles. The van der Waals surface area contributed by atoms with Gasteiger partial charge in [-0.3, -0.25) is 0 Å². The Kier molecular flexibility index (Phi) is 3.79. The molecule has 16 heavy (non-hydrogen) atoms. The van der Waals surface area contributed by atoms with E-state index in [0.29, 0.717) is 12.5 Å². The quantitative estimate of drug-likeness (QED) is 0.766. The molecule has 0 bridgehead atoms. The molecule has 86 valence electrons. The number of aliphatic hydroxyl groups excluding tert-OH is 1. The Balaban J connectivity index is 2.25. The minimum Gasteiger partial charge on any atom is -0.396 e. The third-order valence-corrected chi connectivity index (χ3v) is 3.54. The molecule has 1 unspecified atom stereocenters. The zero-order valence-electron chi connectivity index (χ0n) is 9.95. The maximum absolute atomic E-state index is 9.05. The lowest BCUT2D eigenvalue weighted by molar-refractivity contribution is 0.275. The lowest BCUT2D eigenvalue weighted by Gasteiger charge is -2.11. The molecule has 1 heteroatoms. The van der Waals surface area contributed by atoms with Crippen molar-refractivity contribution < 1.29 is 5.11 Å². The van der Waals surface area contributed by atoms with Crippen molar-refractivity contribution in [3.05, 3.63) is 47.0 Å². The molecule has 0 spiro atoms. The van der Waals surface area contributed by atoms with Crippen LogP contribution in [0.3, 0.4) is 0 Å². The van der Waals surface area contributed by atoms with Gasteiger partial charge < -0.3 is 5.11 Å². The van der Waals surface area contributed by atoms with Crippen LogP contribution in [0.2, 0.25) is 0 Å². The standard InChI is InChI=1S/C15H20O/c1-2-3-5-12-6-4-7-14-13(10-11-16)8-9-15(12)14/h2-4,6-7,13,16H,5,8-11H2,1H3/b3-2+. The molecular formula is C15H20O. The number of aliphatic hydroxyl groups is 1. The summed E-state index contributed by atoms with van der Waals surface area (Å²) < 4.78 is 0. The zero-order chi connectivity index (χ0) is 11.4. The monoisotopic (exact) mass is 216 g/mol. The molecule has 0 radical (unpaired) electrons. The van der Waals surface area contributed by atoms with Gasteiger partial charge in [0, 0.05) is 6.61 Å². The molecular weight excluding hydrogens is 196 g/mol. The zero-order valence-corrected chi connectivity index (χ0v) is 9.95. The highest BCUT2D eigenvalue weighted by molar-refractivity contribution is 5.42. The number of allylic oxidation sites excluding steroid dienone is 2. The van der Waals surface area contributed by atoms with E-state index >= 15 is 0 Å². The van der Waals surface area contributed by atoms with Crippen molar-refractivity contribution in [3.8, 4) is 0 Å². The molecule has 0 fully saturated rings. The van der Waals surface area contributed by atoms with E-state index in [1.807, 2.05) is 0 Å². The van der Waals surface area contributed by atoms with Gasteiger partial charge in [-0.1, -0.05) is 30.4 Å². The van der Waals surface area contributed by atoms with Gasteiger partial charge in [-0.2, -0.15) is 0 Å². The Morgan fingerprint density at radius 1 is 1.44 bits per heavy atom. The SMILES string of the molecule is C/C=C/Cc1cccc2c1CCC2CCO. The van der Waals surface area contributed by atoms with E-state index in [2.05, 4.69) is 37.3 Å². The van der Waals surface area contributed by atoms with Gasteiger partial charge in [-0.15, -0.1) is 0 Å². The predicted octanol–water partition coefficient (Wildman–Crippen LogP) is 3.22. The highest BCUT2D eigenvalue weighted by Crippen LogP contribution is 2.37. The van der Waals surface area contributed by atoms with Gasteiger partial charge in [-0.05, 0) is 55.2 Å². The van der Waals surface area contributed by atoms with Crippen LogP contribution in [0.25, 0.3) is 0 Å². The van der Waals surface area contributed by atoms with E-state index in [4.69, 9.17) is 5.11 Å². The summed E-state index contributed by atoms with van der Waals surface area (Å²) in [5.41, 5.74) is 4.49. The summed E-state index contributed by atoms with van der Waals surface area (Å²) in [6, 6.07) is 6.63.